The lowest BCUT2D eigenvalue weighted by Crippen LogP contribution is -2.23. The van der Waals surface area contributed by atoms with Gasteiger partial charge in [0.2, 0.25) is 21.8 Å². The van der Waals surface area contributed by atoms with Gasteiger partial charge in [-0.15, -0.1) is 15.3 Å². The van der Waals surface area contributed by atoms with Crippen LogP contribution in [0, 0.1) is 6.92 Å². The van der Waals surface area contributed by atoms with Crippen LogP contribution in [-0.4, -0.2) is 45.8 Å². The Bertz CT molecular complexity index is 1090. The quantitative estimate of drug-likeness (QED) is 0.520. The molecule has 11 nitrogen and oxygen atoms in total. The smallest absolute Gasteiger partial charge is 0.251 e. The van der Waals surface area contributed by atoms with Gasteiger partial charge < -0.3 is 9.73 Å². The van der Waals surface area contributed by atoms with Gasteiger partial charge in [-0.05, 0) is 24.6 Å². The Balaban J connectivity index is 1.49. The SMILES string of the molecule is Cc1nnc(CCCn2cc(CNC(=O)c3cccc(NS(C)(=O)=O)c3)nn2)o1. The van der Waals surface area contributed by atoms with Gasteiger partial charge in [0, 0.05) is 31.1 Å². The largest absolute Gasteiger partial charge is 0.426 e. The number of carbonyl (C=O) groups is 1. The minimum absolute atomic E-state index is 0.200. The summed E-state index contributed by atoms with van der Waals surface area (Å²) in [6.07, 6.45) is 4.20. The summed E-state index contributed by atoms with van der Waals surface area (Å²) < 4.78 is 32.0. The molecule has 1 amide bonds. The minimum atomic E-state index is -3.41. The van der Waals surface area contributed by atoms with Crippen LogP contribution in [-0.2, 0) is 29.5 Å². The summed E-state index contributed by atoms with van der Waals surface area (Å²) in [6.45, 7) is 2.57. The molecular weight excluding hydrogens is 398 g/mol. The number of anilines is 1. The Morgan fingerprint density at radius 3 is 2.79 bits per heavy atom. The van der Waals surface area contributed by atoms with E-state index in [4.69, 9.17) is 4.42 Å². The first kappa shape index (κ1) is 20.5. The topological polar surface area (TPSA) is 145 Å². The van der Waals surface area contributed by atoms with Crippen LogP contribution in [0.3, 0.4) is 0 Å². The molecule has 0 aliphatic rings. The molecule has 0 unspecified atom stereocenters. The van der Waals surface area contributed by atoms with Gasteiger partial charge in [0.05, 0.1) is 19.0 Å². The van der Waals surface area contributed by atoms with Gasteiger partial charge in [-0.2, -0.15) is 0 Å². The average Bonchev–Trinajstić information content (AvgIpc) is 3.27. The highest BCUT2D eigenvalue weighted by Gasteiger charge is 2.10. The number of aryl methyl sites for hydroxylation is 3. The number of carbonyl (C=O) groups excluding carboxylic acids is 1. The molecule has 0 aliphatic heterocycles. The third-order valence-corrected chi connectivity index (χ3v) is 4.40. The van der Waals surface area contributed by atoms with Crippen molar-refractivity contribution >= 4 is 21.6 Å². The van der Waals surface area contributed by atoms with Gasteiger partial charge in [0.25, 0.3) is 5.91 Å². The van der Waals surface area contributed by atoms with Crippen LogP contribution in [0.1, 0.15) is 34.3 Å². The van der Waals surface area contributed by atoms with Crippen LogP contribution in [0.2, 0.25) is 0 Å². The number of rotatable bonds is 9. The fraction of sp³-hybridized carbons (Fsp3) is 0.353. The van der Waals surface area contributed by atoms with E-state index >= 15 is 0 Å². The molecule has 3 aromatic rings. The fourth-order valence-corrected chi connectivity index (χ4v) is 3.13. The molecule has 0 fully saturated rings. The van der Waals surface area contributed by atoms with Crippen LogP contribution in [0.25, 0.3) is 0 Å². The van der Waals surface area contributed by atoms with Gasteiger partial charge >= 0.3 is 0 Å². The lowest BCUT2D eigenvalue weighted by Gasteiger charge is -2.07. The number of nitrogens with one attached hydrogen (secondary N) is 2. The fourth-order valence-electron chi connectivity index (χ4n) is 2.57. The van der Waals surface area contributed by atoms with Crippen molar-refractivity contribution in [1.82, 2.24) is 30.5 Å². The summed E-state index contributed by atoms with van der Waals surface area (Å²) in [5.41, 5.74) is 1.26. The van der Waals surface area contributed by atoms with Gasteiger partial charge in [-0.25, -0.2) is 8.42 Å². The van der Waals surface area contributed by atoms with E-state index < -0.39 is 10.0 Å². The molecule has 2 N–H and O–H groups in total. The molecule has 0 aliphatic carbocycles. The zero-order valence-electron chi connectivity index (χ0n) is 16.0. The van der Waals surface area contributed by atoms with Crippen LogP contribution in [0.4, 0.5) is 5.69 Å². The standard InChI is InChI=1S/C17H21N7O4S/c1-12-19-21-16(28-12)7-4-8-24-11-15(20-23-24)10-18-17(25)13-5-3-6-14(9-13)22-29(2,26)27/h3,5-6,9,11,22H,4,7-8,10H2,1-2H3,(H,18,25). The molecule has 2 aromatic heterocycles. The molecule has 154 valence electrons. The number of nitrogens with zero attached hydrogens (tertiary/aromatic N) is 5. The third kappa shape index (κ3) is 6.38. The summed E-state index contributed by atoms with van der Waals surface area (Å²) >= 11 is 0. The highest BCUT2D eigenvalue weighted by atomic mass is 32.2. The van der Waals surface area contributed by atoms with Crippen molar-refractivity contribution in [3.8, 4) is 0 Å². The van der Waals surface area contributed by atoms with Crippen molar-refractivity contribution < 1.29 is 17.6 Å². The molecule has 0 saturated heterocycles. The predicted octanol–water partition coefficient (Wildman–Crippen LogP) is 0.904. The number of hydrogen-bond donors (Lipinski definition) is 2. The lowest BCUT2D eigenvalue weighted by atomic mass is 10.2. The Hall–Kier alpha value is -3.28. The van der Waals surface area contributed by atoms with Crippen LogP contribution >= 0.6 is 0 Å². The Morgan fingerprint density at radius 1 is 1.24 bits per heavy atom. The van der Waals surface area contributed by atoms with E-state index in [2.05, 4.69) is 30.5 Å². The van der Waals surface area contributed by atoms with E-state index in [1.165, 1.54) is 6.07 Å². The predicted molar refractivity (Wildman–Crippen MR) is 103 cm³/mol. The van der Waals surface area contributed by atoms with Crippen LogP contribution in [0.15, 0.2) is 34.9 Å². The average molecular weight is 419 g/mol. The maximum absolute atomic E-state index is 12.3. The monoisotopic (exact) mass is 419 g/mol. The Labute approximate surface area is 167 Å². The van der Waals surface area contributed by atoms with Gasteiger partial charge in [-0.1, -0.05) is 11.3 Å². The number of benzene rings is 1. The van der Waals surface area contributed by atoms with Crippen molar-refractivity contribution in [2.45, 2.75) is 32.9 Å². The highest BCUT2D eigenvalue weighted by molar-refractivity contribution is 7.92. The number of aromatic nitrogens is 5. The first-order valence-corrected chi connectivity index (χ1v) is 10.7. The molecule has 0 saturated carbocycles. The highest BCUT2D eigenvalue weighted by Crippen LogP contribution is 2.12. The first-order chi connectivity index (χ1) is 13.8. The zero-order chi connectivity index (χ0) is 20.9. The Kier molecular flexibility index (Phi) is 6.22. The molecule has 29 heavy (non-hydrogen) atoms. The molecule has 1 aromatic carbocycles. The van der Waals surface area contributed by atoms with E-state index in [-0.39, 0.29) is 12.5 Å². The van der Waals surface area contributed by atoms with Crippen molar-refractivity contribution in [1.29, 1.82) is 0 Å². The summed E-state index contributed by atoms with van der Waals surface area (Å²) in [6, 6.07) is 6.23. The van der Waals surface area contributed by atoms with E-state index in [0.29, 0.717) is 41.7 Å². The third-order valence-electron chi connectivity index (χ3n) is 3.79. The van der Waals surface area contributed by atoms with Crippen molar-refractivity contribution in [2.75, 3.05) is 11.0 Å². The van der Waals surface area contributed by atoms with Gasteiger partial charge in [-0.3, -0.25) is 14.2 Å². The van der Waals surface area contributed by atoms with Crippen LogP contribution < -0.4 is 10.0 Å². The summed E-state index contributed by atoms with van der Waals surface area (Å²) in [5.74, 6) is 0.780. The second kappa shape index (κ2) is 8.82. The summed E-state index contributed by atoms with van der Waals surface area (Å²) in [7, 11) is -3.41. The maximum atomic E-state index is 12.3. The second-order valence-electron chi connectivity index (χ2n) is 6.43. The molecule has 0 radical (unpaired) electrons. The van der Waals surface area contributed by atoms with E-state index in [0.717, 1.165) is 12.7 Å². The zero-order valence-corrected chi connectivity index (χ0v) is 16.8. The van der Waals surface area contributed by atoms with Crippen molar-refractivity contribution in [3.05, 3.63) is 53.5 Å². The first-order valence-electron chi connectivity index (χ1n) is 8.82. The molecule has 3 rings (SSSR count). The van der Waals surface area contributed by atoms with Crippen molar-refractivity contribution in [3.63, 3.8) is 0 Å². The summed E-state index contributed by atoms with van der Waals surface area (Å²) in [4.78, 5) is 12.3. The molecule has 0 bridgehead atoms. The Morgan fingerprint density at radius 2 is 2.07 bits per heavy atom. The molecule has 0 spiro atoms. The molecule has 12 heteroatoms. The van der Waals surface area contributed by atoms with Crippen molar-refractivity contribution in [2.24, 2.45) is 0 Å². The minimum Gasteiger partial charge on any atom is -0.426 e. The number of hydrogen-bond acceptors (Lipinski definition) is 8. The molecular formula is C17H21N7O4S. The normalized spacial score (nSPS) is 11.4. The number of sulfonamides is 1. The van der Waals surface area contributed by atoms with E-state index in [9.17, 15) is 13.2 Å². The summed E-state index contributed by atoms with van der Waals surface area (Å²) in [5, 5.41) is 18.5. The van der Waals surface area contributed by atoms with E-state index in [1.807, 2.05) is 0 Å². The van der Waals surface area contributed by atoms with Gasteiger partial charge in [0.15, 0.2) is 0 Å². The van der Waals surface area contributed by atoms with Crippen LogP contribution in [0.5, 0.6) is 0 Å². The maximum Gasteiger partial charge on any atom is 0.251 e. The number of amides is 1. The second-order valence-corrected chi connectivity index (χ2v) is 8.18. The van der Waals surface area contributed by atoms with Gasteiger partial charge in [0.1, 0.15) is 5.69 Å². The lowest BCUT2D eigenvalue weighted by molar-refractivity contribution is 0.0950. The molecule has 2 heterocycles. The molecule has 0 atom stereocenters. The van der Waals surface area contributed by atoms with E-state index in [1.54, 1.807) is 36.0 Å².